The molecule has 1 rings (SSSR count). The Kier molecular flexibility index (Phi) is 5.65. The standard InChI is InChI=1S/C12H18N2O7/c1-4-19-9(16)7-8(15)13-14-12(7,10(17)20-5-2)11(18)21-6-3/h7,14H,4-6H2,1-3H3,(H,13,15). The van der Waals surface area contributed by atoms with E-state index in [2.05, 4.69) is 10.9 Å². The summed E-state index contributed by atoms with van der Waals surface area (Å²) in [5.41, 5.74) is 2.03. The average Bonchev–Trinajstić information content (AvgIpc) is 2.78. The molecular formula is C12H18N2O7. The highest BCUT2D eigenvalue weighted by molar-refractivity contribution is 6.17. The summed E-state index contributed by atoms with van der Waals surface area (Å²) in [6, 6.07) is 0. The molecule has 0 aromatic carbocycles. The molecule has 1 fully saturated rings. The Labute approximate surface area is 121 Å². The third-order valence-electron chi connectivity index (χ3n) is 2.80. The van der Waals surface area contributed by atoms with Gasteiger partial charge in [-0.25, -0.2) is 15.0 Å². The molecule has 1 amide bonds. The fourth-order valence-electron chi connectivity index (χ4n) is 1.92. The first-order valence-electron chi connectivity index (χ1n) is 6.53. The van der Waals surface area contributed by atoms with E-state index in [9.17, 15) is 19.2 Å². The molecule has 1 heterocycles. The van der Waals surface area contributed by atoms with Crippen LogP contribution >= 0.6 is 0 Å². The lowest BCUT2D eigenvalue weighted by Crippen LogP contribution is -2.63. The van der Waals surface area contributed by atoms with Crippen LogP contribution in [0.1, 0.15) is 20.8 Å². The highest BCUT2D eigenvalue weighted by Crippen LogP contribution is 2.27. The molecule has 1 atom stereocenters. The lowest BCUT2D eigenvalue weighted by Gasteiger charge is -2.26. The second-order valence-corrected chi connectivity index (χ2v) is 4.05. The van der Waals surface area contributed by atoms with Crippen LogP contribution in [0.4, 0.5) is 0 Å². The molecule has 9 nitrogen and oxygen atoms in total. The summed E-state index contributed by atoms with van der Waals surface area (Å²) in [6.45, 7) is 4.51. The number of carbonyl (C=O) groups excluding carboxylic acids is 4. The highest BCUT2D eigenvalue weighted by Gasteiger charge is 2.66. The summed E-state index contributed by atoms with van der Waals surface area (Å²) in [5, 5.41) is 0. The molecule has 9 heteroatoms. The van der Waals surface area contributed by atoms with E-state index >= 15 is 0 Å². The van der Waals surface area contributed by atoms with E-state index in [0.717, 1.165) is 0 Å². The van der Waals surface area contributed by atoms with Gasteiger partial charge in [0.05, 0.1) is 19.8 Å². The van der Waals surface area contributed by atoms with Crippen LogP contribution in [0.25, 0.3) is 0 Å². The second kappa shape index (κ2) is 7.02. The molecular weight excluding hydrogens is 284 g/mol. The molecule has 0 spiro atoms. The van der Waals surface area contributed by atoms with Crippen LogP contribution in [0.5, 0.6) is 0 Å². The summed E-state index contributed by atoms with van der Waals surface area (Å²) < 4.78 is 14.4. The Morgan fingerprint density at radius 2 is 1.48 bits per heavy atom. The Balaban J connectivity index is 3.26. The zero-order chi connectivity index (χ0) is 16.0. The number of nitrogens with one attached hydrogen (secondary N) is 2. The average molecular weight is 302 g/mol. The molecule has 0 aliphatic carbocycles. The predicted molar refractivity (Wildman–Crippen MR) is 67.4 cm³/mol. The van der Waals surface area contributed by atoms with Crippen LogP contribution in [0.3, 0.4) is 0 Å². The van der Waals surface area contributed by atoms with Gasteiger partial charge in [0.1, 0.15) is 0 Å². The van der Waals surface area contributed by atoms with Gasteiger partial charge in [-0.1, -0.05) is 0 Å². The van der Waals surface area contributed by atoms with E-state index in [1.807, 2.05) is 0 Å². The van der Waals surface area contributed by atoms with E-state index in [1.54, 1.807) is 0 Å². The van der Waals surface area contributed by atoms with E-state index in [-0.39, 0.29) is 19.8 Å². The van der Waals surface area contributed by atoms with E-state index in [4.69, 9.17) is 14.2 Å². The number of amides is 1. The quantitative estimate of drug-likeness (QED) is 0.351. The van der Waals surface area contributed by atoms with Crippen molar-refractivity contribution in [2.45, 2.75) is 26.3 Å². The van der Waals surface area contributed by atoms with Crippen LogP contribution in [0.15, 0.2) is 0 Å². The monoisotopic (exact) mass is 302 g/mol. The first kappa shape index (κ1) is 16.9. The first-order chi connectivity index (χ1) is 9.95. The molecule has 0 aromatic heterocycles. The molecule has 21 heavy (non-hydrogen) atoms. The maximum atomic E-state index is 12.2. The maximum Gasteiger partial charge on any atom is 0.341 e. The summed E-state index contributed by atoms with van der Waals surface area (Å²) in [5.74, 6) is -5.76. The minimum atomic E-state index is -2.28. The number of carbonyl (C=O) groups is 4. The van der Waals surface area contributed by atoms with Gasteiger partial charge < -0.3 is 14.2 Å². The summed E-state index contributed by atoms with van der Waals surface area (Å²) in [7, 11) is 0. The Bertz CT molecular complexity index is 431. The number of ether oxygens (including phenoxy) is 3. The largest absolute Gasteiger partial charge is 0.465 e. The smallest absolute Gasteiger partial charge is 0.341 e. The Hall–Kier alpha value is -2.16. The van der Waals surface area contributed by atoms with Crippen molar-refractivity contribution < 1.29 is 33.4 Å². The van der Waals surface area contributed by atoms with E-state index in [1.165, 1.54) is 20.8 Å². The van der Waals surface area contributed by atoms with Crippen molar-refractivity contribution in [1.29, 1.82) is 0 Å². The molecule has 1 aliphatic heterocycles. The third kappa shape index (κ3) is 2.97. The molecule has 1 saturated heterocycles. The van der Waals surface area contributed by atoms with Gasteiger partial charge in [-0.05, 0) is 20.8 Å². The van der Waals surface area contributed by atoms with E-state index < -0.39 is 35.3 Å². The van der Waals surface area contributed by atoms with Gasteiger partial charge in [0.15, 0.2) is 5.92 Å². The minimum absolute atomic E-state index is 0.00958. The van der Waals surface area contributed by atoms with Crippen molar-refractivity contribution in [3.05, 3.63) is 0 Å². The summed E-state index contributed by atoms with van der Waals surface area (Å²) in [4.78, 5) is 48.1. The predicted octanol–water partition coefficient (Wildman–Crippen LogP) is -1.33. The van der Waals surface area contributed by atoms with Crippen molar-refractivity contribution >= 4 is 23.8 Å². The molecule has 1 aliphatic rings. The third-order valence-corrected chi connectivity index (χ3v) is 2.80. The summed E-state index contributed by atoms with van der Waals surface area (Å²) >= 11 is 0. The molecule has 1 unspecified atom stereocenters. The zero-order valence-corrected chi connectivity index (χ0v) is 12.1. The highest BCUT2D eigenvalue weighted by atomic mass is 16.6. The van der Waals surface area contributed by atoms with Gasteiger partial charge in [-0.3, -0.25) is 15.0 Å². The number of hydrogen-bond acceptors (Lipinski definition) is 8. The number of hydrazine groups is 1. The Morgan fingerprint density at radius 3 is 1.90 bits per heavy atom. The van der Waals surface area contributed by atoms with Crippen molar-refractivity contribution in [2.24, 2.45) is 5.92 Å². The molecule has 2 N–H and O–H groups in total. The minimum Gasteiger partial charge on any atom is -0.465 e. The van der Waals surface area contributed by atoms with Crippen LogP contribution in [0, 0.1) is 5.92 Å². The topological polar surface area (TPSA) is 120 Å². The number of hydrogen-bond donors (Lipinski definition) is 2. The van der Waals surface area contributed by atoms with Crippen LogP contribution in [-0.4, -0.2) is 49.2 Å². The van der Waals surface area contributed by atoms with Gasteiger partial charge in [-0.15, -0.1) is 0 Å². The molecule has 0 aromatic rings. The lowest BCUT2D eigenvalue weighted by atomic mass is 9.85. The van der Waals surface area contributed by atoms with Crippen molar-refractivity contribution in [1.82, 2.24) is 10.9 Å². The maximum absolute atomic E-state index is 12.2. The lowest BCUT2D eigenvalue weighted by molar-refractivity contribution is -0.175. The fraction of sp³-hybridized carbons (Fsp3) is 0.667. The van der Waals surface area contributed by atoms with E-state index in [0.29, 0.717) is 0 Å². The van der Waals surface area contributed by atoms with Gasteiger partial charge in [0.25, 0.3) is 11.4 Å². The number of esters is 3. The van der Waals surface area contributed by atoms with Crippen molar-refractivity contribution in [2.75, 3.05) is 19.8 Å². The van der Waals surface area contributed by atoms with Gasteiger partial charge in [0.2, 0.25) is 0 Å². The van der Waals surface area contributed by atoms with Gasteiger partial charge >= 0.3 is 17.9 Å². The van der Waals surface area contributed by atoms with Crippen LogP contribution < -0.4 is 10.9 Å². The van der Waals surface area contributed by atoms with Gasteiger partial charge in [-0.2, -0.15) is 0 Å². The van der Waals surface area contributed by atoms with Gasteiger partial charge in [0, 0.05) is 0 Å². The first-order valence-corrected chi connectivity index (χ1v) is 6.53. The molecule has 0 bridgehead atoms. The van der Waals surface area contributed by atoms with Crippen molar-refractivity contribution in [3.8, 4) is 0 Å². The number of rotatable bonds is 6. The fourth-order valence-corrected chi connectivity index (χ4v) is 1.92. The molecule has 118 valence electrons. The Morgan fingerprint density at radius 1 is 1.00 bits per heavy atom. The SMILES string of the molecule is CCOC(=O)C1C(=O)NNC1(C(=O)OCC)C(=O)OCC. The summed E-state index contributed by atoms with van der Waals surface area (Å²) in [6.07, 6.45) is 0. The normalized spacial score (nSPS) is 19.6. The van der Waals surface area contributed by atoms with Crippen LogP contribution in [-0.2, 0) is 33.4 Å². The van der Waals surface area contributed by atoms with Crippen molar-refractivity contribution in [3.63, 3.8) is 0 Å². The van der Waals surface area contributed by atoms with Crippen LogP contribution in [0.2, 0.25) is 0 Å². The second-order valence-electron chi connectivity index (χ2n) is 4.05. The molecule has 0 saturated carbocycles. The molecule has 0 radical (unpaired) electrons. The zero-order valence-electron chi connectivity index (χ0n) is 12.1.